The van der Waals surface area contributed by atoms with Crippen molar-refractivity contribution in [1.82, 2.24) is 0 Å². The highest BCUT2D eigenvalue weighted by Gasteiger charge is 2.39. The predicted octanol–water partition coefficient (Wildman–Crippen LogP) is 6.48. The molecule has 1 saturated heterocycles. The lowest BCUT2D eigenvalue weighted by atomic mass is 9.87. The van der Waals surface area contributed by atoms with E-state index >= 15 is 0 Å². The van der Waals surface area contributed by atoms with Crippen LogP contribution in [0, 0.1) is 19.8 Å². The first-order chi connectivity index (χ1) is 14.0. The normalized spacial score (nSPS) is 24.3. The Balaban J connectivity index is 1.70. The standard InChI is InChI=1S/C26H28O3/c1-17-5-9-20(10-6-17)24-19(3)25(21-13-15-23(27-4)16-14-21)29-26(28-24)22-11-7-18(2)8-12-22/h5-16,19,24-26H,1-4H3/t19-,24+,25-,26-/m1/s1. The van der Waals surface area contributed by atoms with Crippen LogP contribution in [-0.2, 0) is 9.47 Å². The van der Waals surface area contributed by atoms with Crippen molar-refractivity contribution < 1.29 is 14.2 Å². The Kier molecular flexibility index (Phi) is 5.70. The van der Waals surface area contributed by atoms with E-state index in [0.717, 1.165) is 16.9 Å². The van der Waals surface area contributed by atoms with Gasteiger partial charge in [0, 0.05) is 11.5 Å². The Morgan fingerprint density at radius 3 is 1.48 bits per heavy atom. The van der Waals surface area contributed by atoms with E-state index in [1.165, 1.54) is 16.7 Å². The minimum absolute atomic E-state index is 0.0530. The van der Waals surface area contributed by atoms with Crippen molar-refractivity contribution in [3.05, 3.63) is 101 Å². The molecule has 3 aromatic rings. The lowest BCUT2D eigenvalue weighted by Crippen LogP contribution is -2.32. The summed E-state index contributed by atoms with van der Waals surface area (Å²) in [7, 11) is 1.68. The Bertz CT molecular complexity index is 929. The molecule has 0 aliphatic carbocycles. The zero-order chi connectivity index (χ0) is 20.4. The smallest absolute Gasteiger partial charge is 0.185 e. The fourth-order valence-corrected chi connectivity index (χ4v) is 3.90. The molecule has 0 unspecified atom stereocenters. The predicted molar refractivity (Wildman–Crippen MR) is 115 cm³/mol. The third-order valence-electron chi connectivity index (χ3n) is 5.70. The van der Waals surface area contributed by atoms with Gasteiger partial charge in [-0.05, 0) is 37.1 Å². The third kappa shape index (κ3) is 4.21. The summed E-state index contributed by atoms with van der Waals surface area (Å²) < 4.78 is 18.3. The second kappa shape index (κ2) is 8.40. The highest BCUT2D eigenvalue weighted by atomic mass is 16.7. The van der Waals surface area contributed by atoms with E-state index in [1.54, 1.807) is 7.11 Å². The topological polar surface area (TPSA) is 27.7 Å². The van der Waals surface area contributed by atoms with Crippen LogP contribution in [0.4, 0.5) is 0 Å². The third-order valence-corrected chi connectivity index (χ3v) is 5.70. The summed E-state index contributed by atoms with van der Waals surface area (Å²) in [5, 5.41) is 0. The number of methoxy groups -OCH3 is 1. The number of hydrogen-bond donors (Lipinski definition) is 0. The van der Waals surface area contributed by atoms with Crippen LogP contribution < -0.4 is 4.74 Å². The molecule has 3 heteroatoms. The van der Waals surface area contributed by atoms with Crippen LogP contribution in [0.25, 0.3) is 0 Å². The number of aryl methyl sites for hydroxylation is 2. The van der Waals surface area contributed by atoms with E-state index in [1.807, 2.05) is 12.1 Å². The molecule has 0 spiro atoms. The molecule has 4 atom stereocenters. The van der Waals surface area contributed by atoms with Gasteiger partial charge in [-0.2, -0.15) is 0 Å². The van der Waals surface area contributed by atoms with E-state index in [0.29, 0.717) is 0 Å². The van der Waals surface area contributed by atoms with Gasteiger partial charge in [-0.3, -0.25) is 0 Å². The van der Waals surface area contributed by atoms with Crippen molar-refractivity contribution in [2.24, 2.45) is 5.92 Å². The van der Waals surface area contributed by atoms with Gasteiger partial charge in [-0.15, -0.1) is 0 Å². The van der Waals surface area contributed by atoms with E-state index in [-0.39, 0.29) is 18.1 Å². The molecule has 0 aromatic heterocycles. The minimum Gasteiger partial charge on any atom is -0.497 e. The molecule has 0 amide bonds. The summed E-state index contributed by atoms with van der Waals surface area (Å²) in [5.74, 6) is 1.01. The van der Waals surface area contributed by atoms with Gasteiger partial charge in [-0.1, -0.05) is 78.7 Å². The fourth-order valence-electron chi connectivity index (χ4n) is 3.90. The molecule has 29 heavy (non-hydrogen) atoms. The van der Waals surface area contributed by atoms with Crippen LogP contribution in [0.15, 0.2) is 72.8 Å². The average molecular weight is 389 g/mol. The monoisotopic (exact) mass is 388 g/mol. The molecule has 3 aromatic carbocycles. The Labute approximate surface area is 173 Å². The van der Waals surface area contributed by atoms with Crippen molar-refractivity contribution in [3.63, 3.8) is 0 Å². The van der Waals surface area contributed by atoms with Gasteiger partial charge in [0.15, 0.2) is 6.29 Å². The largest absolute Gasteiger partial charge is 0.497 e. The summed E-state index contributed by atoms with van der Waals surface area (Å²) in [5.41, 5.74) is 5.82. The van der Waals surface area contributed by atoms with Gasteiger partial charge in [0.05, 0.1) is 19.3 Å². The molecule has 1 heterocycles. The summed E-state index contributed by atoms with van der Waals surface area (Å²) in [4.78, 5) is 0. The van der Waals surface area contributed by atoms with Gasteiger partial charge in [0.1, 0.15) is 5.75 Å². The molecule has 4 rings (SSSR count). The lowest BCUT2D eigenvalue weighted by molar-refractivity contribution is -0.277. The Hall–Kier alpha value is -2.62. The zero-order valence-corrected chi connectivity index (χ0v) is 17.5. The summed E-state index contributed by atoms with van der Waals surface area (Å²) in [6.45, 7) is 6.39. The van der Waals surface area contributed by atoms with Crippen LogP contribution in [0.2, 0.25) is 0 Å². The van der Waals surface area contributed by atoms with E-state index in [4.69, 9.17) is 14.2 Å². The van der Waals surface area contributed by atoms with Crippen LogP contribution in [-0.4, -0.2) is 7.11 Å². The van der Waals surface area contributed by atoms with E-state index in [9.17, 15) is 0 Å². The molecule has 0 saturated carbocycles. The van der Waals surface area contributed by atoms with Gasteiger partial charge in [0.2, 0.25) is 0 Å². The second-order valence-corrected chi connectivity index (χ2v) is 7.90. The maximum absolute atomic E-state index is 6.50. The maximum atomic E-state index is 6.50. The summed E-state index contributed by atoms with van der Waals surface area (Å²) in [6.07, 6.45) is -0.541. The maximum Gasteiger partial charge on any atom is 0.185 e. The number of ether oxygens (including phenoxy) is 3. The van der Waals surface area contributed by atoms with Crippen LogP contribution in [0.5, 0.6) is 5.75 Å². The van der Waals surface area contributed by atoms with Crippen LogP contribution >= 0.6 is 0 Å². The average Bonchev–Trinajstić information content (AvgIpc) is 2.75. The summed E-state index contributed by atoms with van der Waals surface area (Å²) >= 11 is 0. The molecule has 1 fully saturated rings. The summed E-state index contributed by atoms with van der Waals surface area (Å²) in [6, 6.07) is 25.2. The number of benzene rings is 3. The molecule has 150 valence electrons. The van der Waals surface area contributed by atoms with Gasteiger partial charge >= 0.3 is 0 Å². The van der Waals surface area contributed by atoms with Gasteiger partial charge in [0.25, 0.3) is 0 Å². The molecule has 1 aliphatic rings. The molecular weight excluding hydrogens is 360 g/mol. The van der Waals surface area contributed by atoms with Crippen molar-refractivity contribution in [3.8, 4) is 5.75 Å². The van der Waals surface area contributed by atoms with Crippen LogP contribution in [0.1, 0.15) is 53.2 Å². The molecule has 0 bridgehead atoms. The van der Waals surface area contributed by atoms with E-state index in [2.05, 4.69) is 81.4 Å². The van der Waals surface area contributed by atoms with Gasteiger partial charge < -0.3 is 14.2 Å². The highest BCUT2D eigenvalue weighted by molar-refractivity contribution is 5.31. The first kappa shape index (κ1) is 19.7. The number of hydrogen-bond acceptors (Lipinski definition) is 3. The SMILES string of the molecule is COc1ccc([C@@H]2O[C@H](c3ccc(C)cc3)O[C@H](c3ccc(C)cc3)[C@H]2C)cc1. The van der Waals surface area contributed by atoms with Gasteiger partial charge in [-0.25, -0.2) is 0 Å². The van der Waals surface area contributed by atoms with Crippen molar-refractivity contribution in [1.29, 1.82) is 0 Å². The molecular formula is C26H28O3. The first-order valence-electron chi connectivity index (χ1n) is 10.1. The minimum atomic E-state index is -0.412. The van der Waals surface area contributed by atoms with E-state index < -0.39 is 6.29 Å². The van der Waals surface area contributed by atoms with Crippen molar-refractivity contribution in [2.45, 2.75) is 39.3 Å². The highest BCUT2D eigenvalue weighted by Crippen LogP contribution is 2.47. The van der Waals surface area contributed by atoms with Crippen molar-refractivity contribution >= 4 is 0 Å². The van der Waals surface area contributed by atoms with Crippen LogP contribution in [0.3, 0.4) is 0 Å². The Morgan fingerprint density at radius 1 is 0.621 bits per heavy atom. The Morgan fingerprint density at radius 2 is 1.03 bits per heavy atom. The molecule has 3 nitrogen and oxygen atoms in total. The quantitative estimate of drug-likeness (QED) is 0.512. The lowest BCUT2D eigenvalue weighted by Gasteiger charge is -2.41. The number of rotatable bonds is 4. The fraction of sp³-hybridized carbons (Fsp3) is 0.308. The second-order valence-electron chi connectivity index (χ2n) is 7.90. The first-order valence-corrected chi connectivity index (χ1v) is 10.1. The zero-order valence-electron chi connectivity index (χ0n) is 17.5. The molecule has 0 radical (unpaired) electrons. The van der Waals surface area contributed by atoms with Crippen molar-refractivity contribution in [2.75, 3.05) is 7.11 Å². The molecule has 0 N–H and O–H groups in total. The molecule has 1 aliphatic heterocycles.